The molecule has 0 atom stereocenters. The summed E-state index contributed by atoms with van der Waals surface area (Å²) in [6.45, 7) is 1.04. The van der Waals surface area contributed by atoms with Crippen molar-refractivity contribution in [2.75, 3.05) is 13.1 Å². The zero-order valence-electron chi connectivity index (χ0n) is 11.1. The van der Waals surface area contributed by atoms with E-state index < -0.39 is 6.03 Å². The minimum atomic E-state index is -0.444. The third kappa shape index (κ3) is 2.81. The van der Waals surface area contributed by atoms with Crippen molar-refractivity contribution in [2.45, 2.75) is 6.54 Å². The normalized spacial score (nSPS) is 14.1. The van der Waals surface area contributed by atoms with Crippen molar-refractivity contribution in [1.82, 2.24) is 35.5 Å². The highest BCUT2D eigenvalue weighted by atomic mass is 16.2. The number of hydrogen-bond acceptors (Lipinski definition) is 5. The Balaban J connectivity index is 1.60. The zero-order valence-corrected chi connectivity index (χ0v) is 11.1. The minimum Gasteiger partial charge on any atom is -0.336 e. The summed E-state index contributed by atoms with van der Waals surface area (Å²) in [5.41, 5.74) is 1.37. The van der Waals surface area contributed by atoms with Crippen LogP contribution >= 0.6 is 0 Å². The lowest BCUT2D eigenvalue weighted by Gasteiger charge is -2.12. The van der Waals surface area contributed by atoms with Gasteiger partial charge in [0.15, 0.2) is 0 Å². The monoisotopic (exact) mass is 287 g/mol. The number of imide groups is 1. The third-order valence-electron chi connectivity index (χ3n) is 2.97. The van der Waals surface area contributed by atoms with Crippen molar-refractivity contribution in [3.8, 4) is 5.69 Å². The molecule has 108 valence electrons. The molecule has 2 N–H and O–H groups in total. The van der Waals surface area contributed by atoms with Crippen molar-refractivity contribution < 1.29 is 9.59 Å². The van der Waals surface area contributed by atoms with E-state index in [1.165, 1.54) is 0 Å². The maximum atomic E-state index is 11.8. The number of pyridine rings is 1. The number of carbonyl (C=O) groups excluding carboxylic acids is 2. The predicted molar refractivity (Wildman–Crippen MR) is 71.5 cm³/mol. The van der Waals surface area contributed by atoms with Crippen LogP contribution < -0.4 is 10.6 Å². The average Bonchev–Trinajstić information content (AvgIpc) is 3.15. The predicted octanol–water partition coefficient (Wildman–Crippen LogP) is -0.103. The Morgan fingerprint density at radius 2 is 2.38 bits per heavy atom. The largest absolute Gasteiger partial charge is 0.336 e. The van der Waals surface area contributed by atoms with Crippen LogP contribution in [0.3, 0.4) is 0 Å². The number of carbonyl (C=O) groups is 2. The van der Waals surface area contributed by atoms with Crippen LogP contribution in [0, 0.1) is 0 Å². The van der Waals surface area contributed by atoms with Gasteiger partial charge in [0, 0.05) is 19.3 Å². The van der Waals surface area contributed by atoms with Gasteiger partial charge < -0.3 is 10.6 Å². The molecule has 1 aliphatic rings. The summed E-state index contributed by atoms with van der Waals surface area (Å²) >= 11 is 0. The van der Waals surface area contributed by atoms with Gasteiger partial charge in [0.1, 0.15) is 5.69 Å². The summed E-state index contributed by atoms with van der Waals surface area (Å²) < 4.78 is 1.57. The molecule has 2 aromatic heterocycles. The molecule has 0 aliphatic carbocycles. The van der Waals surface area contributed by atoms with Crippen LogP contribution in [0.2, 0.25) is 0 Å². The average molecular weight is 287 g/mol. The maximum Gasteiger partial charge on any atom is 0.325 e. The molecule has 0 bridgehead atoms. The lowest BCUT2D eigenvalue weighted by atomic mass is 10.4. The van der Waals surface area contributed by atoms with Gasteiger partial charge in [-0.15, -0.1) is 5.10 Å². The second-order valence-electron chi connectivity index (χ2n) is 4.41. The van der Waals surface area contributed by atoms with Gasteiger partial charge in [-0.2, -0.15) is 0 Å². The number of hydrogen-bond donors (Lipinski definition) is 2. The van der Waals surface area contributed by atoms with Crippen LogP contribution in [0.4, 0.5) is 9.59 Å². The van der Waals surface area contributed by atoms with E-state index >= 15 is 0 Å². The van der Waals surface area contributed by atoms with Crippen LogP contribution in [0.25, 0.3) is 5.69 Å². The van der Waals surface area contributed by atoms with Crippen molar-refractivity contribution in [2.24, 2.45) is 0 Å². The van der Waals surface area contributed by atoms with Gasteiger partial charge in [-0.3, -0.25) is 4.98 Å². The molecule has 0 radical (unpaired) electrons. The Labute approximate surface area is 120 Å². The van der Waals surface area contributed by atoms with E-state index in [0.717, 1.165) is 10.6 Å². The Morgan fingerprint density at radius 1 is 1.48 bits per heavy atom. The fourth-order valence-corrected chi connectivity index (χ4v) is 1.92. The first-order chi connectivity index (χ1) is 10.2. The standard InChI is InChI=1S/C12H13N7O2/c20-11-14-4-5-18(11)12(21)15-6-9-8-19(17-16-9)10-2-1-3-13-7-10/h1-3,7-8H,4-6H2,(H,14,20)(H,15,21). The molecule has 0 aromatic carbocycles. The van der Waals surface area contributed by atoms with Crippen LogP contribution in [0.5, 0.6) is 0 Å². The topological polar surface area (TPSA) is 105 Å². The van der Waals surface area contributed by atoms with Gasteiger partial charge >= 0.3 is 12.1 Å². The first-order valence-electron chi connectivity index (χ1n) is 6.39. The molecule has 2 aromatic rings. The van der Waals surface area contributed by atoms with Gasteiger partial charge in [-0.05, 0) is 12.1 Å². The highest BCUT2D eigenvalue weighted by Gasteiger charge is 2.25. The number of nitrogens with one attached hydrogen (secondary N) is 2. The molecule has 9 nitrogen and oxygen atoms in total. The smallest absolute Gasteiger partial charge is 0.325 e. The van der Waals surface area contributed by atoms with E-state index in [0.29, 0.717) is 18.8 Å². The molecular formula is C12H13N7O2. The summed E-state index contributed by atoms with van der Waals surface area (Å²) in [5, 5.41) is 13.1. The Bertz CT molecular complexity index is 655. The Kier molecular flexibility index (Phi) is 3.46. The SMILES string of the molecule is O=C1NCCN1C(=O)NCc1cn(-c2cccnc2)nn1. The van der Waals surface area contributed by atoms with Gasteiger partial charge in [0.25, 0.3) is 0 Å². The molecule has 9 heteroatoms. The molecule has 4 amide bonds. The number of nitrogens with zero attached hydrogens (tertiary/aromatic N) is 5. The summed E-state index contributed by atoms with van der Waals surface area (Å²) in [4.78, 5) is 28.2. The van der Waals surface area contributed by atoms with Crippen molar-refractivity contribution >= 4 is 12.1 Å². The first kappa shape index (κ1) is 13.0. The van der Waals surface area contributed by atoms with E-state index in [9.17, 15) is 9.59 Å². The summed E-state index contributed by atoms with van der Waals surface area (Å²) in [6.07, 6.45) is 5.02. The van der Waals surface area contributed by atoms with Gasteiger partial charge in [0.05, 0.1) is 24.6 Å². The Morgan fingerprint density at radius 3 is 3.10 bits per heavy atom. The van der Waals surface area contributed by atoms with Gasteiger partial charge in [-0.1, -0.05) is 5.21 Å². The zero-order chi connectivity index (χ0) is 14.7. The molecule has 21 heavy (non-hydrogen) atoms. The van der Waals surface area contributed by atoms with Crippen LogP contribution in [0.1, 0.15) is 5.69 Å². The van der Waals surface area contributed by atoms with E-state index in [4.69, 9.17) is 0 Å². The van der Waals surface area contributed by atoms with E-state index in [1.54, 1.807) is 29.3 Å². The number of rotatable bonds is 3. The third-order valence-corrected chi connectivity index (χ3v) is 2.97. The molecular weight excluding hydrogens is 274 g/mol. The lowest BCUT2D eigenvalue weighted by Crippen LogP contribution is -2.41. The van der Waals surface area contributed by atoms with Crippen molar-refractivity contribution in [3.05, 3.63) is 36.4 Å². The Hall–Kier alpha value is -2.97. The summed E-state index contributed by atoms with van der Waals surface area (Å²) in [7, 11) is 0. The van der Waals surface area contributed by atoms with Crippen LogP contribution in [0.15, 0.2) is 30.7 Å². The quantitative estimate of drug-likeness (QED) is 0.820. The van der Waals surface area contributed by atoms with E-state index in [1.807, 2.05) is 6.07 Å². The maximum absolute atomic E-state index is 11.8. The van der Waals surface area contributed by atoms with Crippen LogP contribution in [-0.2, 0) is 6.54 Å². The molecule has 3 heterocycles. The molecule has 0 spiro atoms. The highest BCUT2D eigenvalue weighted by Crippen LogP contribution is 2.04. The molecule has 1 aliphatic heterocycles. The minimum absolute atomic E-state index is 0.197. The highest BCUT2D eigenvalue weighted by molar-refractivity contribution is 5.94. The number of amides is 4. The molecule has 0 saturated carbocycles. The number of urea groups is 2. The molecule has 1 fully saturated rings. The summed E-state index contributed by atoms with van der Waals surface area (Å²) in [5.74, 6) is 0. The fourth-order valence-electron chi connectivity index (χ4n) is 1.92. The van der Waals surface area contributed by atoms with Crippen molar-refractivity contribution in [3.63, 3.8) is 0 Å². The second-order valence-corrected chi connectivity index (χ2v) is 4.41. The molecule has 1 saturated heterocycles. The molecule has 3 rings (SSSR count). The molecule has 0 unspecified atom stereocenters. The number of aromatic nitrogens is 4. The van der Waals surface area contributed by atoms with Gasteiger partial charge in [-0.25, -0.2) is 19.2 Å². The van der Waals surface area contributed by atoms with Crippen molar-refractivity contribution in [1.29, 1.82) is 0 Å². The lowest BCUT2D eigenvalue weighted by molar-refractivity contribution is 0.198. The second kappa shape index (κ2) is 5.57. The fraction of sp³-hybridized carbons (Fsp3) is 0.250. The van der Waals surface area contributed by atoms with Gasteiger partial charge in [0.2, 0.25) is 0 Å². The van der Waals surface area contributed by atoms with E-state index in [2.05, 4.69) is 25.9 Å². The van der Waals surface area contributed by atoms with E-state index in [-0.39, 0.29) is 12.6 Å². The van der Waals surface area contributed by atoms with Crippen LogP contribution in [-0.4, -0.2) is 50.0 Å². The first-order valence-corrected chi connectivity index (χ1v) is 6.39. The summed E-state index contributed by atoms with van der Waals surface area (Å²) in [6, 6.07) is 2.82.